The molecule has 3 nitrogen and oxygen atoms in total. The van der Waals surface area contributed by atoms with Gasteiger partial charge in [-0.15, -0.1) is 0 Å². The number of hydrogen-bond acceptors (Lipinski definition) is 2. The van der Waals surface area contributed by atoms with Crippen LogP contribution in [0.3, 0.4) is 0 Å². The Kier molecular flexibility index (Phi) is 17.3. The largest absolute Gasteiger partial charge is 0.522 e. The smallest absolute Gasteiger partial charge is 0.358 e. The van der Waals surface area contributed by atoms with Crippen LogP contribution in [0.1, 0.15) is 12.8 Å². The summed E-state index contributed by atoms with van der Waals surface area (Å²) in [6.07, 6.45) is 3.54. The van der Waals surface area contributed by atoms with Crippen molar-refractivity contribution in [1.82, 2.24) is 0 Å². The van der Waals surface area contributed by atoms with E-state index in [4.69, 9.17) is 13.0 Å². The maximum absolute atomic E-state index is 10.7. The molecule has 0 unspecified atom stereocenters. The summed E-state index contributed by atoms with van der Waals surface area (Å²) in [6.45, 7) is 3.96. The SMILES string of the molecule is O=S(=O)(O)C(F)(F)F.[CH2-]CCC[PH+](c1ccccc1)c1ccccc1.[CH3-].[CH3-].[Pt]. The first-order chi connectivity index (χ1) is 11.7. The van der Waals surface area contributed by atoms with Crippen molar-refractivity contribution >= 4 is 28.6 Å². The fourth-order valence-corrected chi connectivity index (χ4v) is 4.74. The molecule has 2 rings (SSSR count). The Morgan fingerprint density at radius 2 is 1.21 bits per heavy atom. The summed E-state index contributed by atoms with van der Waals surface area (Å²) < 4.78 is 57.5. The molecule has 0 radical (unpaired) electrons. The van der Waals surface area contributed by atoms with Crippen LogP contribution in [0.4, 0.5) is 13.2 Å². The second-order valence-corrected chi connectivity index (χ2v) is 9.11. The van der Waals surface area contributed by atoms with Crippen LogP contribution in [0, 0.1) is 21.8 Å². The number of alkyl halides is 3. The molecule has 0 heterocycles. The molecule has 28 heavy (non-hydrogen) atoms. The van der Waals surface area contributed by atoms with E-state index in [2.05, 4.69) is 67.6 Å². The van der Waals surface area contributed by atoms with Crippen LogP contribution in [-0.2, 0) is 31.2 Å². The third-order valence-corrected chi connectivity index (χ3v) is 6.71. The van der Waals surface area contributed by atoms with Crippen LogP contribution >= 0.6 is 7.92 Å². The molecule has 2 aromatic carbocycles. The van der Waals surface area contributed by atoms with Crippen molar-refractivity contribution < 1.29 is 47.2 Å². The normalized spacial score (nSPS) is 10.5. The summed E-state index contributed by atoms with van der Waals surface area (Å²) in [5.74, 6) is 0. The fraction of sp³-hybridized carbons (Fsp3) is 0.211. The van der Waals surface area contributed by atoms with Gasteiger partial charge in [-0.3, -0.25) is 4.55 Å². The second-order valence-electron chi connectivity index (χ2n) is 5.09. The predicted octanol–water partition coefficient (Wildman–Crippen LogP) is 4.76. The summed E-state index contributed by atoms with van der Waals surface area (Å²) in [7, 11) is -6.44. The number of halogens is 3. The molecule has 0 saturated heterocycles. The van der Waals surface area contributed by atoms with Gasteiger partial charge >= 0.3 is 15.6 Å². The van der Waals surface area contributed by atoms with Crippen molar-refractivity contribution in [2.24, 2.45) is 0 Å². The maximum atomic E-state index is 10.7. The Morgan fingerprint density at radius 3 is 1.46 bits per heavy atom. The summed E-state index contributed by atoms with van der Waals surface area (Å²) in [6, 6.07) is 21.8. The number of unbranched alkanes of at least 4 members (excludes halogenated alkanes) is 1. The van der Waals surface area contributed by atoms with Crippen molar-refractivity contribution in [2.45, 2.75) is 18.3 Å². The standard InChI is InChI=1S/C16H18P.CHF3O3S.2CH3.Pt/c1-2-3-14-17(15-10-6-4-7-11-15)16-12-8-5-9-13-16;2-1(3,4)8(5,6)7;;;/h4-13H,1-3,14H2;(H,5,6,7);2*1H3;/q-1;;2*-1;/p+1. The monoisotopic (exact) mass is 617 g/mol. The molecule has 0 saturated carbocycles. The van der Waals surface area contributed by atoms with E-state index in [1.807, 2.05) is 0 Å². The van der Waals surface area contributed by atoms with Gasteiger partial charge in [-0.2, -0.15) is 28.0 Å². The van der Waals surface area contributed by atoms with Crippen LogP contribution < -0.4 is 10.6 Å². The average molecular weight is 618 g/mol. The van der Waals surface area contributed by atoms with Gasteiger partial charge in [0.2, 0.25) is 0 Å². The Morgan fingerprint density at radius 1 is 0.893 bits per heavy atom. The van der Waals surface area contributed by atoms with E-state index in [0.29, 0.717) is 0 Å². The molecule has 0 spiro atoms. The van der Waals surface area contributed by atoms with Crippen molar-refractivity contribution in [1.29, 1.82) is 0 Å². The Bertz CT molecular complexity index is 688. The molecular formula is C19H26F3O3PPtS-2. The first kappa shape index (κ1) is 31.9. The molecule has 1 N–H and O–H groups in total. The molecule has 0 fully saturated rings. The van der Waals surface area contributed by atoms with Gasteiger partial charge in [0.1, 0.15) is 0 Å². The van der Waals surface area contributed by atoms with Crippen LogP contribution in [0.5, 0.6) is 0 Å². The van der Waals surface area contributed by atoms with Gasteiger partial charge in [0.25, 0.3) is 0 Å². The zero-order chi connectivity index (χ0) is 18.9. The van der Waals surface area contributed by atoms with Gasteiger partial charge in [0, 0.05) is 21.1 Å². The first-order valence-electron chi connectivity index (χ1n) is 7.46. The molecule has 0 bridgehead atoms. The zero-order valence-corrected chi connectivity index (χ0v) is 19.8. The van der Waals surface area contributed by atoms with Crippen LogP contribution in [0.15, 0.2) is 60.7 Å². The third kappa shape index (κ3) is 11.3. The average Bonchev–Trinajstić information content (AvgIpc) is 2.56. The molecule has 0 aliphatic rings. The molecule has 2 aromatic rings. The molecule has 0 atom stereocenters. The quantitative estimate of drug-likeness (QED) is 0.228. The number of hydrogen-bond donors (Lipinski definition) is 1. The van der Waals surface area contributed by atoms with Crippen LogP contribution in [0.25, 0.3) is 0 Å². The van der Waals surface area contributed by atoms with Gasteiger partial charge in [0.05, 0.1) is 24.7 Å². The third-order valence-electron chi connectivity index (χ3n) is 3.21. The molecule has 9 heteroatoms. The van der Waals surface area contributed by atoms with Gasteiger partial charge in [-0.1, -0.05) is 36.4 Å². The van der Waals surface area contributed by atoms with E-state index in [0.717, 1.165) is 6.42 Å². The minimum Gasteiger partial charge on any atom is -0.358 e. The van der Waals surface area contributed by atoms with Crippen LogP contribution in [-0.4, -0.2) is 24.6 Å². The predicted molar refractivity (Wildman–Crippen MR) is 110 cm³/mol. The van der Waals surface area contributed by atoms with Gasteiger partial charge in [-0.25, -0.2) is 0 Å². The van der Waals surface area contributed by atoms with Crippen molar-refractivity contribution in [3.63, 3.8) is 0 Å². The molecule has 0 aliphatic carbocycles. The summed E-state index contributed by atoms with van der Waals surface area (Å²) >= 11 is 0. The summed E-state index contributed by atoms with van der Waals surface area (Å²) in [5, 5.41) is 3.02. The van der Waals surface area contributed by atoms with E-state index in [-0.39, 0.29) is 35.9 Å². The summed E-state index contributed by atoms with van der Waals surface area (Å²) in [5.41, 5.74) is -5.53. The zero-order valence-electron chi connectivity index (χ0n) is 15.7. The number of rotatable bonds is 5. The Labute approximate surface area is 182 Å². The minimum absolute atomic E-state index is 0. The van der Waals surface area contributed by atoms with Crippen molar-refractivity contribution in [3.05, 3.63) is 82.4 Å². The van der Waals surface area contributed by atoms with Gasteiger partial charge in [-0.05, 0) is 30.7 Å². The summed E-state index contributed by atoms with van der Waals surface area (Å²) in [4.78, 5) is 0. The van der Waals surface area contributed by atoms with E-state index >= 15 is 0 Å². The van der Waals surface area contributed by atoms with E-state index < -0.39 is 23.5 Å². The number of benzene rings is 2. The van der Waals surface area contributed by atoms with Gasteiger partial charge < -0.3 is 21.8 Å². The van der Waals surface area contributed by atoms with Crippen molar-refractivity contribution in [3.8, 4) is 0 Å². The second kappa shape index (κ2) is 15.1. The maximum Gasteiger partial charge on any atom is 0.522 e. The fourth-order valence-electron chi connectivity index (χ4n) is 2.04. The van der Waals surface area contributed by atoms with E-state index in [1.165, 1.54) is 23.2 Å². The first-order valence-corrected chi connectivity index (χ1v) is 10.6. The van der Waals surface area contributed by atoms with Crippen molar-refractivity contribution in [2.75, 3.05) is 6.16 Å². The minimum atomic E-state index is -5.84. The van der Waals surface area contributed by atoms with Crippen LogP contribution in [0.2, 0.25) is 0 Å². The molecule has 164 valence electrons. The topological polar surface area (TPSA) is 54.4 Å². The van der Waals surface area contributed by atoms with E-state index in [9.17, 15) is 13.2 Å². The van der Waals surface area contributed by atoms with E-state index in [1.54, 1.807) is 0 Å². The molecule has 0 aliphatic heterocycles. The molecule has 0 amide bonds. The molecule has 0 aromatic heterocycles. The van der Waals surface area contributed by atoms with Gasteiger partial charge in [0.15, 0.2) is 0 Å². The Hall–Kier alpha value is -0.742. The molecular weight excluding hydrogens is 591 g/mol. The Balaban J connectivity index is -0.000000497.